The number of benzene rings is 1. The number of esters is 2. The molecule has 144 valence electrons. The SMILES string of the molecule is CCOC(=O)c1c(C)[nH]c(C)c1C(=O)COC(=O)Cc1c(F)cccc1Cl. The topological polar surface area (TPSA) is 85.5 Å². The van der Waals surface area contributed by atoms with Crippen molar-refractivity contribution in [2.45, 2.75) is 27.2 Å². The fraction of sp³-hybridized carbons (Fsp3) is 0.316. The van der Waals surface area contributed by atoms with Crippen molar-refractivity contribution in [2.75, 3.05) is 13.2 Å². The number of ether oxygens (including phenoxy) is 2. The van der Waals surface area contributed by atoms with E-state index in [-0.39, 0.29) is 28.3 Å². The molecular weight excluding hydrogens is 377 g/mol. The minimum absolute atomic E-state index is 0.00232. The van der Waals surface area contributed by atoms with Gasteiger partial charge in [0.15, 0.2) is 6.61 Å². The van der Waals surface area contributed by atoms with E-state index in [0.29, 0.717) is 11.4 Å². The lowest BCUT2D eigenvalue weighted by Crippen LogP contribution is -2.19. The Morgan fingerprint density at radius 1 is 1.11 bits per heavy atom. The fourth-order valence-electron chi connectivity index (χ4n) is 2.70. The van der Waals surface area contributed by atoms with Crippen LogP contribution >= 0.6 is 11.6 Å². The van der Waals surface area contributed by atoms with E-state index in [4.69, 9.17) is 21.1 Å². The second kappa shape index (κ2) is 8.81. The van der Waals surface area contributed by atoms with Crippen LogP contribution in [0, 0.1) is 19.7 Å². The number of carbonyl (C=O) groups excluding carboxylic acids is 3. The van der Waals surface area contributed by atoms with Gasteiger partial charge in [-0.15, -0.1) is 0 Å². The van der Waals surface area contributed by atoms with Crippen LogP contribution in [-0.2, 0) is 20.7 Å². The Labute approximate surface area is 160 Å². The molecule has 0 fully saturated rings. The van der Waals surface area contributed by atoms with E-state index in [9.17, 15) is 18.8 Å². The van der Waals surface area contributed by atoms with Gasteiger partial charge in [-0.2, -0.15) is 0 Å². The number of hydrogen-bond acceptors (Lipinski definition) is 5. The van der Waals surface area contributed by atoms with Crippen molar-refractivity contribution >= 4 is 29.3 Å². The van der Waals surface area contributed by atoms with Crippen LogP contribution in [0.2, 0.25) is 5.02 Å². The lowest BCUT2D eigenvalue weighted by atomic mass is 10.1. The summed E-state index contributed by atoms with van der Waals surface area (Å²) in [6.07, 6.45) is -0.408. The van der Waals surface area contributed by atoms with Gasteiger partial charge in [-0.05, 0) is 32.9 Å². The van der Waals surface area contributed by atoms with Crippen LogP contribution in [0.5, 0.6) is 0 Å². The van der Waals surface area contributed by atoms with Crippen molar-refractivity contribution in [3.05, 3.63) is 57.1 Å². The molecule has 0 aliphatic heterocycles. The maximum absolute atomic E-state index is 13.7. The molecule has 0 saturated carbocycles. The molecule has 0 saturated heterocycles. The maximum Gasteiger partial charge on any atom is 0.340 e. The Hall–Kier alpha value is -2.67. The molecule has 0 aliphatic carbocycles. The standard InChI is InChI=1S/C19H19ClFNO5/c1-4-26-19(25)18-11(3)22-10(2)17(18)15(23)9-27-16(24)8-12-13(20)6-5-7-14(12)21/h5-7,22H,4,8-9H2,1-3H3. The highest BCUT2D eigenvalue weighted by Gasteiger charge is 2.26. The molecule has 0 atom stereocenters. The summed E-state index contributed by atoms with van der Waals surface area (Å²) in [5.41, 5.74) is 1.18. The van der Waals surface area contributed by atoms with Crippen LogP contribution in [0.15, 0.2) is 18.2 Å². The van der Waals surface area contributed by atoms with Gasteiger partial charge in [0.05, 0.1) is 24.2 Å². The highest BCUT2D eigenvalue weighted by atomic mass is 35.5. The molecule has 27 heavy (non-hydrogen) atoms. The van der Waals surface area contributed by atoms with Gasteiger partial charge in [0, 0.05) is 22.0 Å². The molecule has 1 N–H and O–H groups in total. The molecule has 0 bridgehead atoms. The van der Waals surface area contributed by atoms with Crippen LogP contribution in [0.3, 0.4) is 0 Å². The zero-order chi connectivity index (χ0) is 20.1. The Kier molecular flexibility index (Phi) is 6.74. The third-order valence-electron chi connectivity index (χ3n) is 3.88. The lowest BCUT2D eigenvalue weighted by Gasteiger charge is -2.08. The van der Waals surface area contributed by atoms with Crippen LogP contribution in [0.25, 0.3) is 0 Å². The van der Waals surface area contributed by atoms with E-state index in [2.05, 4.69) is 4.98 Å². The van der Waals surface area contributed by atoms with Crippen molar-refractivity contribution in [3.8, 4) is 0 Å². The van der Waals surface area contributed by atoms with Crippen molar-refractivity contribution in [1.29, 1.82) is 0 Å². The van der Waals surface area contributed by atoms with Gasteiger partial charge in [0.25, 0.3) is 0 Å². The molecular formula is C19H19ClFNO5. The molecule has 0 aliphatic rings. The smallest absolute Gasteiger partial charge is 0.340 e. The first-order valence-corrected chi connectivity index (χ1v) is 8.62. The summed E-state index contributed by atoms with van der Waals surface area (Å²) in [6.45, 7) is 4.50. The first-order chi connectivity index (χ1) is 12.8. The fourth-order valence-corrected chi connectivity index (χ4v) is 2.93. The number of hydrogen-bond donors (Lipinski definition) is 1. The number of aromatic nitrogens is 1. The number of aromatic amines is 1. The monoisotopic (exact) mass is 395 g/mol. The normalized spacial score (nSPS) is 10.6. The number of aryl methyl sites for hydroxylation is 2. The summed E-state index contributed by atoms with van der Waals surface area (Å²) in [7, 11) is 0. The quantitative estimate of drug-likeness (QED) is 0.572. The molecule has 2 rings (SSSR count). The lowest BCUT2D eigenvalue weighted by molar-refractivity contribution is -0.141. The van der Waals surface area contributed by atoms with Gasteiger partial charge < -0.3 is 14.5 Å². The van der Waals surface area contributed by atoms with Crippen LogP contribution in [0.1, 0.15) is 44.6 Å². The number of Topliss-reactive ketones (excluding diaryl/α,β-unsaturated/α-hetero) is 1. The number of rotatable bonds is 7. The van der Waals surface area contributed by atoms with Gasteiger partial charge in [-0.25, -0.2) is 9.18 Å². The van der Waals surface area contributed by atoms with Crippen molar-refractivity contribution in [1.82, 2.24) is 4.98 Å². The highest BCUT2D eigenvalue weighted by Crippen LogP contribution is 2.22. The van der Waals surface area contributed by atoms with Crippen molar-refractivity contribution in [2.24, 2.45) is 0 Å². The molecule has 8 heteroatoms. The minimum atomic E-state index is -0.807. The summed E-state index contributed by atoms with van der Waals surface area (Å²) < 4.78 is 23.6. The minimum Gasteiger partial charge on any atom is -0.462 e. The molecule has 0 amide bonds. The van der Waals surface area contributed by atoms with Gasteiger partial charge in [0.1, 0.15) is 5.82 Å². The molecule has 1 heterocycles. The molecule has 1 aromatic carbocycles. The van der Waals surface area contributed by atoms with Crippen LogP contribution in [-0.4, -0.2) is 35.9 Å². The number of halogens is 2. The van der Waals surface area contributed by atoms with Gasteiger partial charge in [0.2, 0.25) is 5.78 Å². The van der Waals surface area contributed by atoms with Crippen LogP contribution < -0.4 is 0 Å². The third kappa shape index (κ3) is 4.74. The summed E-state index contributed by atoms with van der Waals surface area (Å²) in [5.74, 6) is -2.63. The second-order valence-corrected chi connectivity index (χ2v) is 6.21. The van der Waals surface area contributed by atoms with E-state index >= 15 is 0 Å². The predicted octanol–water partition coefficient (Wildman–Crippen LogP) is 3.57. The number of carbonyl (C=O) groups is 3. The molecule has 1 aromatic heterocycles. The summed E-state index contributed by atoms with van der Waals surface area (Å²) in [5, 5.41) is 0.0972. The number of H-pyrrole nitrogens is 1. The zero-order valence-corrected chi connectivity index (χ0v) is 15.9. The van der Waals surface area contributed by atoms with Gasteiger partial charge >= 0.3 is 11.9 Å². The van der Waals surface area contributed by atoms with E-state index < -0.39 is 36.6 Å². The summed E-state index contributed by atoms with van der Waals surface area (Å²) >= 11 is 5.87. The molecule has 0 radical (unpaired) electrons. The first kappa shape index (κ1) is 20.6. The third-order valence-corrected chi connectivity index (χ3v) is 4.23. The van der Waals surface area contributed by atoms with E-state index in [0.717, 1.165) is 0 Å². The van der Waals surface area contributed by atoms with E-state index in [1.165, 1.54) is 18.2 Å². The first-order valence-electron chi connectivity index (χ1n) is 8.24. The molecule has 2 aromatic rings. The van der Waals surface area contributed by atoms with Gasteiger partial charge in [-0.3, -0.25) is 9.59 Å². The molecule has 6 nitrogen and oxygen atoms in total. The molecule has 0 spiro atoms. The van der Waals surface area contributed by atoms with Crippen molar-refractivity contribution in [3.63, 3.8) is 0 Å². The Balaban J connectivity index is 2.10. The highest BCUT2D eigenvalue weighted by molar-refractivity contribution is 6.31. The zero-order valence-electron chi connectivity index (χ0n) is 15.2. The van der Waals surface area contributed by atoms with E-state index in [1.807, 2.05) is 0 Å². The number of nitrogens with one attached hydrogen (secondary N) is 1. The predicted molar refractivity (Wildman–Crippen MR) is 96.6 cm³/mol. The maximum atomic E-state index is 13.7. The Morgan fingerprint density at radius 3 is 2.41 bits per heavy atom. The van der Waals surface area contributed by atoms with E-state index in [1.54, 1.807) is 20.8 Å². The molecule has 0 unspecified atom stereocenters. The summed E-state index contributed by atoms with van der Waals surface area (Å²) in [4.78, 5) is 39.5. The van der Waals surface area contributed by atoms with Gasteiger partial charge in [-0.1, -0.05) is 17.7 Å². The Morgan fingerprint density at radius 2 is 1.78 bits per heavy atom. The second-order valence-electron chi connectivity index (χ2n) is 5.81. The van der Waals surface area contributed by atoms with Crippen LogP contribution in [0.4, 0.5) is 4.39 Å². The summed E-state index contributed by atoms with van der Waals surface area (Å²) in [6, 6.07) is 4.05. The largest absolute Gasteiger partial charge is 0.462 e. The van der Waals surface area contributed by atoms with Crippen molar-refractivity contribution < 1.29 is 28.2 Å². The average Bonchev–Trinajstić information content (AvgIpc) is 2.90. The number of ketones is 1. The Bertz CT molecular complexity index is 870. The average molecular weight is 396 g/mol.